The lowest BCUT2D eigenvalue weighted by molar-refractivity contribution is -0.123. The number of esters is 1. The summed E-state index contributed by atoms with van der Waals surface area (Å²) in [6.07, 6.45) is 0.491. The maximum Gasteiger partial charge on any atom is 0.338 e. The number of amides is 1. The van der Waals surface area contributed by atoms with Crippen LogP contribution in [0.15, 0.2) is 47.4 Å². The topological polar surface area (TPSA) is 92.8 Å². The third-order valence-electron chi connectivity index (χ3n) is 4.56. The van der Waals surface area contributed by atoms with Gasteiger partial charge in [-0.2, -0.15) is 4.31 Å². The lowest BCUT2D eigenvalue weighted by atomic mass is 10.2. The predicted molar refractivity (Wildman–Crippen MR) is 114 cm³/mol. The molecule has 0 aromatic heterocycles. The first-order chi connectivity index (χ1) is 14.2. The number of nitrogens with one attached hydrogen (secondary N) is 1. The van der Waals surface area contributed by atoms with Gasteiger partial charge in [0.15, 0.2) is 6.10 Å². The summed E-state index contributed by atoms with van der Waals surface area (Å²) in [6.45, 7) is 2.33. The number of rotatable bonds is 6. The molecule has 1 atom stereocenters. The molecule has 1 heterocycles. The molecule has 30 heavy (non-hydrogen) atoms. The largest absolute Gasteiger partial charge is 0.449 e. The Labute approximate surface area is 185 Å². The Bertz CT molecular complexity index is 1050. The zero-order valence-electron chi connectivity index (χ0n) is 16.1. The molecule has 2 aromatic carbocycles. The Morgan fingerprint density at radius 1 is 1.07 bits per heavy atom. The number of carbonyl (C=O) groups is 2. The predicted octanol–water partition coefficient (Wildman–Crippen LogP) is 3.96. The van der Waals surface area contributed by atoms with E-state index in [0.717, 1.165) is 12.8 Å². The molecule has 1 aliphatic heterocycles. The summed E-state index contributed by atoms with van der Waals surface area (Å²) in [5.74, 6) is -1.39. The zero-order chi connectivity index (χ0) is 21.9. The second-order valence-corrected chi connectivity index (χ2v) is 9.64. The highest BCUT2D eigenvalue weighted by atomic mass is 35.5. The Kier molecular flexibility index (Phi) is 7.02. The second kappa shape index (κ2) is 9.34. The van der Waals surface area contributed by atoms with Gasteiger partial charge in [0.2, 0.25) is 10.0 Å². The number of nitrogens with zero attached hydrogens (tertiary/aromatic N) is 1. The Morgan fingerprint density at radius 3 is 2.33 bits per heavy atom. The van der Waals surface area contributed by atoms with Crippen LogP contribution in [0.25, 0.3) is 0 Å². The van der Waals surface area contributed by atoms with E-state index in [1.54, 1.807) is 0 Å². The van der Waals surface area contributed by atoms with Crippen molar-refractivity contribution in [3.63, 3.8) is 0 Å². The average Bonchev–Trinajstić information content (AvgIpc) is 3.23. The Morgan fingerprint density at radius 2 is 1.70 bits per heavy atom. The number of hydrogen-bond acceptors (Lipinski definition) is 5. The molecular formula is C20H20Cl2N2O5S. The molecular weight excluding hydrogens is 451 g/mol. The summed E-state index contributed by atoms with van der Waals surface area (Å²) in [5, 5.41) is 3.26. The van der Waals surface area contributed by atoms with E-state index in [1.165, 1.54) is 53.7 Å². The third kappa shape index (κ3) is 5.31. The molecule has 0 bridgehead atoms. The molecule has 1 N–H and O–H groups in total. The number of benzene rings is 2. The molecule has 0 unspecified atom stereocenters. The average molecular weight is 471 g/mol. The van der Waals surface area contributed by atoms with Crippen molar-refractivity contribution in [3.8, 4) is 0 Å². The fraction of sp³-hybridized carbons (Fsp3) is 0.300. The molecule has 1 amide bonds. The van der Waals surface area contributed by atoms with Gasteiger partial charge >= 0.3 is 5.97 Å². The first-order valence-corrected chi connectivity index (χ1v) is 11.4. The molecule has 2 aromatic rings. The van der Waals surface area contributed by atoms with Gasteiger partial charge in [-0.25, -0.2) is 13.2 Å². The highest BCUT2D eigenvalue weighted by Crippen LogP contribution is 2.24. The highest BCUT2D eigenvalue weighted by molar-refractivity contribution is 7.89. The van der Waals surface area contributed by atoms with Crippen molar-refractivity contribution >= 4 is 50.8 Å². The first kappa shape index (κ1) is 22.6. The standard InChI is InChI=1S/C20H20Cl2N2O5S/c1-13(19(25)23-17-11-15(21)10-16(22)12-17)29-20(26)14-5-4-6-18(9-14)30(27,28)24-7-2-3-8-24/h4-6,9-13H,2-3,7-8H2,1H3,(H,23,25)/t13-/m0/s1. The first-order valence-electron chi connectivity index (χ1n) is 9.25. The summed E-state index contributed by atoms with van der Waals surface area (Å²) in [7, 11) is -3.67. The maximum atomic E-state index is 12.7. The van der Waals surface area contributed by atoms with Crippen molar-refractivity contribution in [2.24, 2.45) is 0 Å². The molecule has 1 aliphatic rings. The number of sulfonamides is 1. The van der Waals surface area contributed by atoms with Crippen molar-refractivity contribution in [3.05, 3.63) is 58.1 Å². The molecule has 0 radical (unpaired) electrons. The molecule has 3 rings (SSSR count). The van der Waals surface area contributed by atoms with E-state index >= 15 is 0 Å². The Hall–Kier alpha value is -2.13. The van der Waals surface area contributed by atoms with E-state index in [4.69, 9.17) is 27.9 Å². The van der Waals surface area contributed by atoms with Gasteiger partial charge in [0.25, 0.3) is 5.91 Å². The van der Waals surface area contributed by atoms with Gasteiger partial charge in [0.1, 0.15) is 0 Å². The molecule has 1 fully saturated rings. The van der Waals surface area contributed by atoms with Crippen molar-refractivity contribution in [2.75, 3.05) is 18.4 Å². The SMILES string of the molecule is C[C@H](OC(=O)c1cccc(S(=O)(=O)N2CCCC2)c1)C(=O)Nc1cc(Cl)cc(Cl)c1. The molecule has 1 saturated heterocycles. The van der Waals surface area contributed by atoms with E-state index in [2.05, 4.69) is 5.32 Å². The molecule has 7 nitrogen and oxygen atoms in total. The van der Waals surface area contributed by atoms with Gasteiger partial charge in [-0.15, -0.1) is 0 Å². The van der Waals surface area contributed by atoms with E-state index in [1.807, 2.05) is 0 Å². The minimum Gasteiger partial charge on any atom is -0.449 e. The van der Waals surface area contributed by atoms with Crippen molar-refractivity contribution in [2.45, 2.75) is 30.8 Å². The smallest absolute Gasteiger partial charge is 0.338 e. The van der Waals surface area contributed by atoms with E-state index in [-0.39, 0.29) is 10.5 Å². The third-order valence-corrected chi connectivity index (χ3v) is 6.89. The van der Waals surface area contributed by atoms with E-state index < -0.39 is 28.0 Å². The molecule has 0 spiro atoms. The number of carbonyl (C=O) groups excluding carboxylic acids is 2. The van der Waals surface area contributed by atoms with E-state index in [0.29, 0.717) is 28.8 Å². The summed E-state index contributed by atoms with van der Waals surface area (Å²) >= 11 is 11.8. The maximum absolute atomic E-state index is 12.7. The van der Waals surface area contributed by atoms with Crippen LogP contribution in [0.1, 0.15) is 30.1 Å². The fourth-order valence-corrected chi connectivity index (χ4v) is 5.10. The normalized spacial score (nSPS) is 15.6. The molecule has 0 aliphatic carbocycles. The van der Waals surface area contributed by atoms with Crippen LogP contribution in [-0.2, 0) is 19.6 Å². The van der Waals surface area contributed by atoms with Crippen LogP contribution in [-0.4, -0.2) is 43.8 Å². The summed E-state index contributed by atoms with van der Waals surface area (Å²) in [4.78, 5) is 24.8. The van der Waals surface area contributed by atoms with Crippen LogP contribution < -0.4 is 5.32 Å². The van der Waals surface area contributed by atoms with E-state index in [9.17, 15) is 18.0 Å². The van der Waals surface area contributed by atoms with Gasteiger partial charge in [0, 0.05) is 28.8 Å². The van der Waals surface area contributed by atoms with Crippen molar-refractivity contribution < 1.29 is 22.7 Å². The van der Waals surface area contributed by atoms with Gasteiger partial charge in [-0.1, -0.05) is 29.3 Å². The minimum atomic E-state index is -3.67. The quantitative estimate of drug-likeness (QED) is 0.644. The fourth-order valence-electron chi connectivity index (χ4n) is 3.01. The number of ether oxygens (including phenoxy) is 1. The zero-order valence-corrected chi connectivity index (χ0v) is 18.4. The number of halogens is 2. The minimum absolute atomic E-state index is 0.0181. The van der Waals surface area contributed by atoms with Crippen molar-refractivity contribution in [1.29, 1.82) is 0 Å². The molecule has 160 valence electrons. The summed E-state index contributed by atoms with van der Waals surface area (Å²) < 4.78 is 32.0. The lowest BCUT2D eigenvalue weighted by Gasteiger charge is -2.17. The molecule has 10 heteroatoms. The van der Waals surface area contributed by atoms with Crippen LogP contribution in [0.3, 0.4) is 0 Å². The monoisotopic (exact) mass is 470 g/mol. The van der Waals surface area contributed by atoms with Gasteiger partial charge in [-0.3, -0.25) is 4.79 Å². The van der Waals surface area contributed by atoms with Crippen molar-refractivity contribution in [1.82, 2.24) is 4.31 Å². The summed E-state index contributed by atoms with van der Waals surface area (Å²) in [6, 6.07) is 10.1. The summed E-state index contributed by atoms with van der Waals surface area (Å²) in [5.41, 5.74) is 0.403. The van der Waals surface area contributed by atoms with Crippen LogP contribution in [0.2, 0.25) is 10.0 Å². The van der Waals surface area contributed by atoms with Gasteiger partial charge in [-0.05, 0) is 56.2 Å². The Balaban J connectivity index is 1.68. The van der Waals surface area contributed by atoms with Crippen LogP contribution in [0.4, 0.5) is 5.69 Å². The highest BCUT2D eigenvalue weighted by Gasteiger charge is 2.28. The number of hydrogen-bond donors (Lipinski definition) is 1. The van der Waals surface area contributed by atoms with Gasteiger partial charge < -0.3 is 10.1 Å². The van der Waals surface area contributed by atoms with Gasteiger partial charge in [0.05, 0.1) is 10.5 Å². The number of anilines is 1. The second-order valence-electron chi connectivity index (χ2n) is 6.83. The van der Waals surface area contributed by atoms with Crippen LogP contribution in [0.5, 0.6) is 0 Å². The molecule has 0 saturated carbocycles. The lowest BCUT2D eigenvalue weighted by Crippen LogP contribution is -2.30. The van der Waals surface area contributed by atoms with Crippen LogP contribution in [0, 0.1) is 0 Å². The van der Waals surface area contributed by atoms with Crippen LogP contribution >= 0.6 is 23.2 Å².